The highest BCUT2D eigenvalue weighted by Crippen LogP contribution is 2.60. The molecule has 0 saturated carbocycles. The lowest BCUT2D eigenvalue weighted by Gasteiger charge is -2.36. The van der Waals surface area contributed by atoms with Crippen molar-refractivity contribution < 1.29 is 18.9 Å². The lowest BCUT2D eigenvalue weighted by molar-refractivity contribution is 0.350. The van der Waals surface area contributed by atoms with Crippen LogP contribution >= 0.6 is 0 Å². The van der Waals surface area contributed by atoms with Crippen LogP contribution in [0, 0.1) is 0 Å². The molecule has 1 aliphatic carbocycles. The second-order valence-corrected chi connectivity index (χ2v) is 12.1. The van der Waals surface area contributed by atoms with Gasteiger partial charge in [0.05, 0.1) is 5.69 Å². The number of nitrogens with zero attached hydrogens (tertiary/aromatic N) is 1. The Morgan fingerprint density at radius 3 is 1.61 bits per heavy atom. The van der Waals surface area contributed by atoms with Gasteiger partial charge in [0.1, 0.15) is 0 Å². The maximum Gasteiger partial charge on any atom is 0.194 e. The highest BCUT2D eigenvalue weighted by atomic mass is 16.6. The van der Waals surface area contributed by atoms with Gasteiger partial charge in [0.25, 0.3) is 0 Å². The van der Waals surface area contributed by atoms with Crippen molar-refractivity contribution in [3.8, 4) is 46.0 Å². The fourth-order valence-electron chi connectivity index (χ4n) is 6.81. The van der Waals surface area contributed by atoms with Crippen molar-refractivity contribution in [3.63, 3.8) is 0 Å². The molecule has 5 nitrogen and oxygen atoms in total. The van der Waals surface area contributed by atoms with Crippen LogP contribution in [-0.4, -0.2) is 0 Å². The van der Waals surface area contributed by atoms with Crippen LogP contribution in [0.1, 0.15) is 36.1 Å². The molecule has 0 N–H and O–H groups in total. The molecule has 3 aliphatic rings. The molecule has 6 aromatic carbocycles. The van der Waals surface area contributed by atoms with Gasteiger partial charge in [-0.3, -0.25) is 0 Å². The van der Waals surface area contributed by atoms with Crippen molar-refractivity contribution in [1.82, 2.24) is 0 Å². The topological polar surface area (TPSA) is 40.2 Å². The number of hydrogen-bond acceptors (Lipinski definition) is 5. The van der Waals surface area contributed by atoms with E-state index in [1.165, 1.54) is 0 Å². The Labute approximate surface area is 267 Å². The predicted octanol–water partition coefficient (Wildman–Crippen LogP) is 11.8. The molecular formula is C41H29NO4. The molecule has 0 spiro atoms. The normalized spacial score (nSPS) is 14.2. The zero-order valence-electron chi connectivity index (χ0n) is 25.4. The smallest absolute Gasteiger partial charge is 0.194 e. The van der Waals surface area contributed by atoms with Crippen molar-refractivity contribution in [2.75, 3.05) is 4.90 Å². The van der Waals surface area contributed by atoms with Crippen molar-refractivity contribution in [2.24, 2.45) is 0 Å². The lowest BCUT2D eigenvalue weighted by atomic mass is 9.74. The maximum absolute atomic E-state index is 6.79. The van der Waals surface area contributed by atoms with Crippen molar-refractivity contribution >= 4 is 29.2 Å². The molecule has 222 valence electrons. The van der Waals surface area contributed by atoms with E-state index in [2.05, 4.69) is 91.6 Å². The zero-order valence-corrected chi connectivity index (χ0v) is 25.4. The summed E-state index contributed by atoms with van der Waals surface area (Å²) in [5, 5.41) is 0. The number of ether oxygens (including phenoxy) is 4. The molecule has 46 heavy (non-hydrogen) atoms. The van der Waals surface area contributed by atoms with E-state index >= 15 is 0 Å². The summed E-state index contributed by atoms with van der Waals surface area (Å²) >= 11 is 0. The molecule has 0 fully saturated rings. The number of hydrogen-bond donors (Lipinski definition) is 0. The van der Waals surface area contributed by atoms with Crippen LogP contribution in [0.3, 0.4) is 0 Å². The van der Waals surface area contributed by atoms with E-state index in [0.717, 1.165) is 45.1 Å². The first-order chi connectivity index (χ1) is 22.6. The number of rotatable bonds is 3. The quantitative estimate of drug-likeness (QED) is 0.202. The van der Waals surface area contributed by atoms with Gasteiger partial charge in [-0.05, 0) is 71.8 Å². The maximum atomic E-state index is 6.79. The minimum Gasteiger partial charge on any atom is -0.450 e. The van der Waals surface area contributed by atoms with E-state index in [0.29, 0.717) is 40.2 Å². The van der Waals surface area contributed by atoms with Crippen molar-refractivity contribution in [1.29, 1.82) is 0 Å². The molecule has 0 radical (unpaired) electrons. The van der Waals surface area contributed by atoms with E-state index in [1.807, 2.05) is 66.7 Å². The lowest BCUT2D eigenvalue weighted by Crippen LogP contribution is -2.24. The Kier molecular flexibility index (Phi) is 5.78. The van der Waals surface area contributed by atoms with Crippen LogP contribution in [0.2, 0.25) is 0 Å². The number of anilines is 3. The summed E-state index contributed by atoms with van der Waals surface area (Å²) in [6, 6.07) is 42.7. The Morgan fingerprint density at radius 1 is 0.478 bits per heavy atom. The van der Waals surface area contributed by atoms with E-state index < -0.39 is 5.41 Å². The fraction of sp³-hybridized carbons (Fsp3) is 0.0732. The third-order valence-corrected chi connectivity index (χ3v) is 8.96. The second-order valence-electron chi connectivity index (χ2n) is 12.1. The average molecular weight is 600 g/mol. The van der Waals surface area contributed by atoms with Crippen LogP contribution in [0.4, 0.5) is 17.1 Å². The standard InChI is InChI=1S/C41H29NO4/c1-41(2)30-25-31(42(27-13-5-3-6-14-27)28-15-7-4-8-16-28)39-38(44-34-19-11-12-20-35(34)45-39)29(30)23-21-26-22-24-36-40(37(26)41)46-33-18-10-9-17-32(33)43-36/h3-25H,1-2H3. The molecular weight excluding hydrogens is 570 g/mol. The van der Waals surface area contributed by atoms with Crippen molar-refractivity contribution in [3.05, 3.63) is 150 Å². The first kappa shape index (κ1) is 26.5. The van der Waals surface area contributed by atoms with Crippen LogP contribution in [0.5, 0.6) is 46.0 Å². The van der Waals surface area contributed by atoms with Gasteiger partial charge in [0, 0.05) is 27.9 Å². The number of para-hydroxylation sites is 6. The Morgan fingerprint density at radius 2 is 1.00 bits per heavy atom. The van der Waals surface area contributed by atoms with Crippen molar-refractivity contribution in [2.45, 2.75) is 19.3 Å². The van der Waals surface area contributed by atoms with Crippen LogP contribution in [0.25, 0.3) is 12.2 Å². The minimum absolute atomic E-state index is 0.543. The van der Waals surface area contributed by atoms with Gasteiger partial charge in [-0.2, -0.15) is 0 Å². The zero-order chi connectivity index (χ0) is 30.8. The summed E-state index contributed by atoms with van der Waals surface area (Å²) in [6.45, 7) is 4.48. The Bertz CT molecular complexity index is 2150. The number of benzene rings is 6. The summed E-state index contributed by atoms with van der Waals surface area (Å²) in [7, 11) is 0. The molecule has 6 aromatic rings. The van der Waals surface area contributed by atoms with E-state index in [4.69, 9.17) is 18.9 Å². The number of fused-ring (bicyclic) bond motifs is 8. The summed E-state index contributed by atoms with van der Waals surface area (Å²) in [5.74, 6) is 5.52. The van der Waals surface area contributed by atoms with E-state index in [-0.39, 0.29) is 0 Å². The van der Waals surface area contributed by atoms with Crippen LogP contribution in [0.15, 0.2) is 127 Å². The van der Waals surface area contributed by atoms with Gasteiger partial charge in [-0.15, -0.1) is 0 Å². The molecule has 0 atom stereocenters. The van der Waals surface area contributed by atoms with Gasteiger partial charge < -0.3 is 23.8 Å². The highest BCUT2D eigenvalue weighted by molar-refractivity contribution is 5.91. The van der Waals surface area contributed by atoms with Gasteiger partial charge >= 0.3 is 0 Å². The van der Waals surface area contributed by atoms with Crippen LogP contribution < -0.4 is 23.8 Å². The molecule has 2 heterocycles. The summed E-state index contributed by atoms with van der Waals surface area (Å²) in [5.41, 5.74) is 6.48. The molecule has 5 heteroatoms. The van der Waals surface area contributed by atoms with Gasteiger partial charge in [0.2, 0.25) is 0 Å². The van der Waals surface area contributed by atoms with Gasteiger partial charge in [-0.25, -0.2) is 0 Å². The average Bonchev–Trinajstić information content (AvgIpc) is 3.21. The summed E-state index contributed by atoms with van der Waals surface area (Å²) in [6.07, 6.45) is 4.28. The third kappa shape index (κ3) is 4.02. The SMILES string of the molecule is CC1(C)c2cc(N(c3ccccc3)c3ccccc3)c3c(c2C=Cc2ccc4c(c21)Oc1ccccc1O4)Oc1ccccc1O3. The molecule has 0 amide bonds. The monoisotopic (exact) mass is 599 g/mol. The van der Waals surface area contributed by atoms with E-state index in [9.17, 15) is 0 Å². The highest BCUT2D eigenvalue weighted by Gasteiger charge is 2.40. The third-order valence-electron chi connectivity index (χ3n) is 8.96. The molecule has 0 unspecified atom stereocenters. The molecule has 0 bridgehead atoms. The predicted molar refractivity (Wildman–Crippen MR) is 182 cm³/mol. The fourth-order valence-corrected chi connectivity index (χ4v) is 6.81. The molecule has 2 aliphatic heterocycles. The van der Waals surface area contributed by atoms with Gasteiger partial charge in [0.15, 0.2) is 46.0 Å². The molecule has 0 aromatic heterocycles. The largest absolute Gasteiger partial charge is 0.450 e. The Balaban J connectivity index is 1.32. The first-order valence-corrected chi connectivity index (χ1v) is 15.4. The summed E-state index contributed by atoms with van der Waals surface area (Å²) in [4.78, 5) is 2.23. The van der Waals surface area contributed by atoms with Gasteiger partial charge in [-0.1, -0.05) is 92.7 Å². The summed E-state index contributed by atoms with van der Waals surface area (Å²) < 4.78 is 26.6. The molecule has 0 saturated heterocycles. The second kappa shape index (κ2) is 10.0. The Hall–Kier alpha value is -5.94. The van der Waals surface area contributed by atoms with Crippen LogP contribution in [-0.2, 0) is 5.41 Å². The van der Waals surface area contributed by atoms with E-state index in [1.54, 1.807) is 0 Å². The molecule has 9 rings (SSSR count). The first-order valence-electron chi connectivity index (χ1n) is 15.4. The minimum atomic E-state index is -0.543.